The van der Waals surface area contributed by atoms with Gasteiger partial charge >= 0.3 is 0 Å². The average molecular weight is 258 g/mol. The van der Waals surface area contributed by atoms with Gasteiger partial charge in [0, 0.05) is 24.0 Å². The predicted octanol–water partition coefficient (Wildman–Crippen LogP) is 2.99. The number of carbonyl (C=O) groups excluding carboxylic acids is 1. The zero-order chi connectivity index (χ0) is 14.0. The van der Waals surface area contributed by atoms with Crippen LogP contribution in [-0.4, -0.2) is 13.0 Å². The summed E-state index contributed by atoms with van der Waals surface area (Å²) in [5.41, 5.74) is 7.76. The second-order valence-corrected chi connectivity index (χ2v) is 4.42. The Morgan fingerprint density at radius 3 is 2.58 bits per heavy atom. The van der Waals surface area contributed by atoms with Gasteiger partial charge in [0.2, 0.25) is 0 Å². The number of aryl methyl sites for hydroxylation is 1. The Hall–Kier alpha value is -2.36. The fraction of sp³-hybridized carbons (Fsp3) is 0.133. The summed E-state index contributed by atoms with van der Waals surface area (Å²) >= 11 is 0. The number of nitrogen functional groups attached to an aromatic ring is 1. The quantitative estimate of drug-likeness (QED) is 0.842. The molecule has 2 aromatic carbocycles. The van der Waals surface area contributed by atoms with Crippen LogP contribution >= 0.6 is 0 Å². The third-order valence-electron chi connectivity index (χ3n) is 2.98. The number of hydrogen-bond donors (Lipinski definition) is 1. The van der Waals surface area contributed by atoms with Gasteiger partial charge in [-0.2, -0.15) is 0 Å². The molecule has 0 fully saturated rings. The van der Waals surface area contributed by atoms with Crippen molar-refractivity contribution in [1.29, 1.82) is 0 Å². The number of nitrogens with two attached hydrogens (primary N) is 1. The van der Waals surface area contributed by atoms with E-state index in [1.54, 1.807) is 50.4 Å². The van der Waals surface area contributed by atoms with Crippen molar-refractivity contribution in [3.05, 3.63) is 59.4 Å². The summed E-state index contributed by atoms with van der Waals surface area (Å²) in [6.45, 7) is 1.66. The normalized spacial score (nSPS) is 10.3. The average Bonchev–Trinajstić information content (AvgIpc) is 2.40. The zero-order valence-electron chi connectivity index (χ0n) is 10.9. The molecule has 0 radical (unpaired) electrons. The summed E-state index contributed by atoms with van der Waals surface area (Å²) in [5.74, 6) is -0.656. The Labute approximate surface area is 111 Å². The molecule has 0 saturated carbocycles. The van der Waals surface area contributed by atoms with Crippen LogP contribution < -0.4 is 10.6 Å². The van der Waals surface area contributed by atoms with Crippen molar-refractivity contribution in [3.8, 4) is 0 Å². The van der Waals surface area contributed by atoms with Crippen LogP contribution in [-0.2, 0) is 0 Å². The van der Waals surface area contributed by atoms with Gasteiger partial charge in [-0.1, -0.05) is 12.1 Å². The lowest BCUT2D eigenvalue weighted by molar-refractivity contribution is 0.0992. The minimum absolute atomic E-state index is 0.274. The highest BCUT2D eigenvalue weighted by atomic mass is 19.1. The van der Waals surface area contributed by atoms with Gasteiger partial charge in [-0.15, -0.1) is 0 Å². The first-order valence-electron chi connectivity index (χ1n) is 5.89. The summed E-state index contributed by atoms with van der Waals surface area (Å²) in [6, 6.07) is 11.4. The lowest BCUT2D eigenvalue weighted by atomic mass is 10.1. The highest BCUT2D eigenvalue weighted by Gasteiger charge is 2.14. The number of nitrogens with zero attached hydrogens (tertiary/aromatic N) is 1. The molecule has 0 bridgehead atoms. The first-order valence-corrected chi connectivity index (χ1v) is 5.89. The zero-order valence-corrected chi connectivity index (χ0v) is 10.9. The summed E-state index contributed by atoms with van der Waals surface area (Å²) in [5, 5.41) is 0. The van der Waals surface area contributed by atoms with Gasteiger partial charge in [0.25, 0.3) is 5.91 Å². The molecule has 2 aromatic rings. The van der Waals surface area contributed by atoms with E-state index in [0.29, 0.717) is 22.5 Å². The van der Waals surface area contributed by atoms with E-state index in [4.69, 9.17) is 5.73 Å². The Balaban J connectivity index is 2.30. The van der Waals surface area contributed by atoms with Crippen molar-refractivity contribution in [3.63, 3.8) is 0 Å². The third-order valence-corrected chi connectivity index (χ3v) is 2.98. The highest BCUT2D eigenvalue weighted by Crippen LogP contribution is 2.19. The van der Waals surface area contributed by atoms with Gasteiger partial charge in [0.15, 0.2) is 0 Å². The fourth-order valence-electron chi connectivity index (χ4n) is 1.77. The van der Waals surface area contributed by atoms with E-state index in [1.807, 2.05) is 0 Å². The molecule has 0 heterocycles. The summed E-state index contributed by atoms with van der Waals surface area (Å²) in [6.07, 6.45) is 0. The van der Waals surface area contributed by atoms with Crippen molar-refractivity contribution in [2.75, 3.05) is 17.7 Å². The Morgan fingerprint density at radius 1 is 1.21 bits per heavy atom. The van der Waals surface area contributed by atoms with E-state index >= 15 is 0 Å². The third kappa shape index (κ3) is 2.73. The van der Waals surface area contributed by atoms with Crippen molar-refractivity contribution >= 4 is 17.3 Å². The van der Waals surface area contributed by atoms with Gasteiger partial charge < -0.3 is 10.6 Å². The maximum atomic E-state index is 13.5. The number of rotatable bonds is 2. The molecule has 0 atom stereocenters. The number of benzene rings is 2. The minimum Gasteiger partial charge on any atom is -0.399 e. The molecule has 19 heavy (non-hydrogen) atoms. The largest absolute Gasteiger partial charge is 0.399 e. The lowest BCUT2D eigenvalue weighted by Gasteiger charge is -2.18. The van der Waals surface area contributed by atoms with E-state index in [-0.39, 0.29) is 11.7 Å². The fourth-order valence-corrected chi connectivity index (χ4v) is 1.77. The summed E-state index contributed by atoms with van der Waals surface area (Å²) < 4.78 is 13.5. The molecule has 0 unspecified atom stereocenters. The minimum atomic E-state index is -0.383. The molecule has 1 amide bonds. The SMILES string of the molecule is Cc1ccc(C(=O)N(C)c2cccc(N)c2)cc1F. The summed E-state index contributed by atoms with van der Waals surface area (Å²) in [4.78, 5) is 13.7. The topological polar surface area (TPSA) is 46.3 Å². The van der Waals surface area contributed by atoms with E-state index in [2.05, 4.69) is 0 Å². The van der Waals surface area contributed by atoms with Gasteiger partial charge in [-0.3, -0.25) is 4.79 Å². The molecule has 0 aliphatic carbocycles. The second kappa shape index (κ2) is 5.10. The molecule has 3 nitrogen and oxygen atoms in total. The van der Waals surface area contributed by atoms with Gasteiger partial charge in [0.05, 0.1) is 0 Å². The van der Waals surface area contributed by atoms with Crippen LogP contribution in [0.4, 0.5) is 15.8 Å². The van der Waals surface area contributed by atoms with E-state index in [9.17, 15) is 9.18 Å². The van der Waals surface area contributed by atoms with E-state index in [0.717, 1.165) is 0 Å². The molecule has 0 aromatic heterocycles. The number of carbonyl (C=O) groups is 1. The molecular weight excluding hydrogens is 243 g/mol. The van der Waals surface area contributed by atoms with Crippen LogP contribution in [0.3, 0.4) is 0 Å². The van der Waals surface area contributed by atoms with Crippen LogP contribution in [0.15, 0.2) is 42.5 Å². The standard InChI is InChI=1S/C15H15FN2O/c1-10-6-7-11(8-14(10)16)15(19)18(2)13-5-3-4-12(17)9-13/h3-9H,17H2,1-2H3. The van der Waals surface area contributed by atoms with E-state index in [1.165, 1.54) is 11.0 Å². The molecule has 0 spiro atoms. The van der Waals surface area contributed by atoms with Crippen molar-refractivity contribution < 1.29 is 9.18 Å². The van der Waals surface area contributed by atoms with Gasteiger partial charge in [0.1, 0.15) is 5.82 Å². The second-order valence-electron chi connectivity index (χ2n) is 4.42. The van der Waals surface area contributed by atoms with Crippen LogP contribution in [0.2, 0.25) is 0 Å². The Morgan fingerprint density at radius 2 is 1.95 bits per heavy atom. The number of anilines is 2. The number of hydrogen-bond acceptors (Lipinski definition) is 2. The summed E-state index contributed by atoms with van der Waals surface area (Å²) in [7, 11) is 1.63. The highest BCUT2D eigenvalue weighted by molar-refractivity contribution is 6.05. The van der Waals surface area contributed by atoms with Crippen molar-refractivity contribution in [2.45, 2.75) is 6.92 Å². The molecule has 0 aliphatic heterocycles. The molecule has 0 aliphatic rings. The molecule has 4 heteroatoms. The number of amides is 1. The number of halogens is 1. The first kappa shape index (κ1) is 13.1. The van der Waals surface area contributed by atoms with Gasteiger partial charge in [-0.25, -0.2) is 4.39 Å². The van der Waals surface area contributed by atoms with Crippen molar-refractivity contribution in [1.82, 2.24) is 0 Å². The van der Waals surface area contributed by atoms with Crippen LogP contribution in [0.1, 0.15) is 15.9 Å². The first-order chi connectivity index (χ1) is 8.99. The predicted molar refractivity (Wildman–Crippen MR) is 74.7 cm³/mol. The molecule has 2 rings (SSSR count). The smallest absolute Gasteiger partial charge is 0.258 e. The molecular formula is C15H15FN2O. The maximum absolute atomic E-state index is 13.5. The molecule has 98 valence electrons. The Bertz CT molecular complexity index is 625. The Kier molecular flexibility index (Phi) is 3.51. The monoisotopic (exact) mass is 258 g/mol. The van der Waals surface area contributed by atoms with Gasteiger partial charge in [-0.05, 0) is 42.8 Å². The maximum Gasteiger partial charge on any atom is 0.258 e. The van der Waals surface area contributed by atoms with Crippen LogP contribution in [0.25, 0.3) is 0 Å². The molecule has 0 saturated heterocycles. The van der Waals surface area contributed by atoms with Crippen molar-refractivity contribution in [2.24, 2.45) is 0 Å². The lowest BCUT2D eigenvalue weighted by Crippen LogP contribution is -2.26. The van der Waals surface area contributed by atoms with Crippen LogP contribution in [0.5, 0.6) is 0 Å². The molecule has 2 N–H and O–H groups in total. The van der Waals surface area contributed by atoms with Crippen LogP contribution in [0, 0.1) is 12.7 Å². The van der Waals surface area contributed by atoms with E-state index < -0.39 is 0 Å².